The molecule has 8 unspecified atom stereocenters. The van der Waals surface area contributed by atoms with E-state index < -0.39 is 71.2 Å². The third kappa shape index (κ3) is 6.42. The minimum atomic E-state index is -1.27. The molecule has 7 heteroatoms. The highest BCUT2D eigenvalue weighted by Crippen LogP contribution is 2.47. The van der Waals surface area contributed by atoms with Crippen LogP contribution in [0.25, 0.3) is 0 Å². The first-order chi connectivity index (χ1) is 22.8. The molecule has 2 N–H and O–H groups in total. The van der Waals surface area contributed by atoms with Gasteiger partial charge in [0.25, 0.3) is 0 Å². The van der Waals surface area contributed by atoms with E-state index in [0.717, 1.165) is 0 Å². The normalized spacial score (nSPS) is 26.6. The van der Waals surface area contributed by atoms with Crippen molar-refractivity contribution in [2.75, 3.05) is 0 Å². The minimum Gasteiger partial charge on any atom is -0.481 e. The van der Waals surface area contributed by atoms with Crippen molar-refractivity contribution < 1.29 is 34.1 Å². The Hall–Kier alpha value is -5.56. The predicted molar refractivity (Wildman–Crippen MR) is 175 cm³/mol. The van der Waals surface area contributed by atoms with E-state index >= 15 is 0 Å². The van der Waals surface area contributed by atoms with E-state index in [9.17, 15) is 29.4 Å². The number of benzene rings is 4. The molecule has 0 radical (unpaired) electrons. The number of ether oxygens (including phenoxy) is 1. The Labute approximate surface area is 272 Å². The van der Waals surface area contributed by atoms with E-state index in [1.165, 1.54) is 0 Å². The Morgan fingerprint density at radius 3 is 0.851 bits per heavy atom. The zero-order valence-corrected chi connectivity index (χ0v) is 25.4. The molecule has 0 fully saturated rings. The predicted octanol–water partition coefficient (Wildman–Crippen LogP) is 6.97. The number of allylic oxidation sites excluding steroid dienone is 4. The Kier molecular flexibility index (Phi) is 9.25. The molecule has 8 atom stereocenters. The molecule has 47 heavy (non-hydrogen) atoms. The summed E-state index contributed by atoms with van der Waals surface area (Å²) in [5.41, 5.74) is 2.83. The number of hydrogen-bond donors (Lipinski definition) is 2. The highest BCUT2D eigenvalue weighted by Gasteiger charge is 2.51. The van der Waals surface area contributed by atoms with Gasteiger partial charge in [0.1, 0.15) is 0 Å². The summed E-state index contributed by atoms with van der Waals surface area (Å²) in [5, 5.41) is 21.2. The summed E-state index contributed by atoms with van der Waals surface area (Å²) in [7, 11) is 0. The number of carboxylic acids is 2. The molecule has 0 aliphatic heterocycles. The topological polar surface area (TPSA) is 118 Å². The molecule has 0 saturated carbocycles. The molecular formula is C40H34O7. The lowest BCUT2D eigenvalue weighted by atomic mass is 9.66. The van der Waals surface area contributed by atoms with Crippen molar-refractivity contribution in [2.45, 2.75) is 23.7 Å². The molecule has 0 spiro atoms. The molecule has 0 heterocycles. The van der Waals surface area contributed by atoms with Crippen molar-refractivity contribution in [3.63, 3.8) is 0 Å². The van der Waals surface area contributed by atoms with Crippen molar-refractivity contribution in [3.05, 3.63) is 168 Å². The van der Waals surface area contributed by atoms with Crippen LogP contribution in [0, 0.1) is 23.7 Å². The molecule has 236 valence electrons. The highest BCUT2D eigenvalue weighted by atomic mass is 16.6. The molecule has 0 bridgehead atoms. The molecule has 4 aromatic rings. The molecular weight excluding hydrogens is 592 g/mol. The maximum absolute atomic E-state index is 14.3. The number of aliphatic carboxylic acids is 2. The second kappa shape index (κ2) is 13.8. The molecule has 7 nitrogen and oxygen atoms in total. The Morgan fingerprint density at radius 2 is 0.617 bits per heavy atom. The molecule has 2 aliphatic rings. The van der Waals surface area contributed by atoms with E-state index in [-0.39, 0.29) is 0 Å². The highest BCUT2D eigenvalue weighted by molar-refractivity contribution is 5.94. The molecule has 0 aromatic heterocycles. The van der Waals surface area contributed by atoms with E-state index in [4.69, 9.17) is 4.74 Å². The first-order valence-electron chi connectivity index (χ1n) is 15.6. The van der Waals surface area contributed by atoms with Crippen molar-refractivity contribution >= 4 is 23.9 Å². The quantitative estimate of drug-likeness (QED) is 0.123. The standard InChI is InChI=1S/C40H34O7/c41-37(42)33-29(25-13-5-1-6-14-25)21-23-31(27-17-9-3-10-18-27)35(33)39(45)47-40(46)36-32(28-19-11-4-12-20-28)24-22-30(34(36)38(43)44)26-15-7-2-8-16-26/h1-24,29-36H,(H,41,42)(H,43,44). The Balaban J connectivity index is 1.40. The summed E-state index contributed by atoms with van der Waals surface area (Å²) in [6, 6.07) is 36.2. The third-order valence-electron chi connectivity index (χ3n) is 9.43. The summed E-state index contributed by atoms with van der Waals surface area (Å²) in [4.78, 5) is 54.5. The smallest absolute Gasteiger partial charge is 0.318 e. The van der Waals surface area contributed by atoms with Gasteiger partial charge in [-0.15, -0.1) is 0 Å². The van der Waals surface area contributed by atoms with Crippen LogP contribution in [0.4, 0.5) is 0 Å². The van der Waals surface area contributed by atoms with Gasteiger partial charge < -0.3 is 14.9 Å². The summed E-state index contributed by atoms with van der Waals surface area (Å²) in [6.45, 7) is 0. The van der Waals surface area contributed by atoms with Crippen LogP contribution in [0.3, 0.4) is 0 Å². The Bertz CT molecular complexity index is 1650. The van der Waals surface area contributed by atoms with Crippen LogP contribution in [-0.4, -0.2) is 34.1 Å². The van der Waals surface area contributed by atoms with Gasteiger partial charge in [-0.1, -0.05) is 146 Å². The maximum Gasteiger partial charge on any atom is 0.318 e. The van der Waals surface area contributed by atoms with Gasteiger partial charge in [0.2, 0.25) is 0 Å². The summed E-state index contributed by atoms with van der Waals surface area (Å²) in [5.74, 6) is -12.1. The zero-order valence-electron chi connectivity index (χ0n) is 25.4. The third-order valence-corrected chi connectivity index (χ3v) is 9.43. The van der Waals surface area contributed by atoms with Gasteiger partial charge in [0.15, 0.2) is 0 Å². The average Bonchev–Trinajstić information content (AvgIpc) is 3.11. The summed E-state index contributed by atoms with van der Waals surface area (Å²) < 4.78 is 5.69. The molecule has 4 aromatic carbocycles. The molecule has 0 saturated heterocycles. The second-order valence-electron chi connectivity index (χ2n) is 12.0. The fourth-order valence-corrected chi connectivity index (χ4v) is 7.26. The van der Waals surface area contributed by atoms with Gasteiger partial charge in [0, 0.05) is 23.7 Å². The second-order valence-corrected chi connectivity index (χ2v) is 12.0. The number of esters is 2. The van der Waals surface area contributed by atoms with Crippen LogP contribution in [0.2, 0.25) is 0 Å². The van der Waals surface area contributed by atoms with Gasteiger partial charge in [0.05, 0.1) is 23.7 Å². The largest absolute Gasteiger partial charge is 0.481 e. The van der Waals surface area contributed by atoms with Crippen molar-refractivity contribution in [1.82, 2.24) is 0 Å². The van der Waals surface area contributed by atoms with Gasteiger partial charge in [-0.05, 0) is 22.3 Å². The van der Waals surface area contributed by atoms with E-state index in [1.807, 2.05) is 36.4 Å². The van der Waals surface area contributed by atoms with E-state index in [1.54, 1.807) is 109 Å². The van der Waals surface area contributed by atoms with E-state index in [0.29, 0.717) is 22.3 Å². The van der Waals surface area contributed by atoms with Gasteiger partial charge in [-0.25, -0.2) is 0 Å². The lowest BCUT2D eigenvalue weighted by Gasteiger charge is -2.38. The number of hydrogen-bond acceptors (Lipinski definition) is 5. The van der Waals surface area contributed by atoms with Crippen LogP contribution in [0.15, 0.2) is 146 Å². The minimum absolute atomic E-state index is 0.662. The van der Waals surface area contributed by atoms with Crippen LogP contribution in [0.1, 0.15) is 45.9 Å². The van der Waals surface area contributed by atoms with Crippen molar-refractivity contribution in [1.29, 1.82) is 0 Å². The van der Waals surface area contributed by atoms with Crippen molar-refractivity contribution in [2.24, 2.45) is 23.7 Å². The zero-order chi connectivity index (χ0) is 32.9. The fourth-order valence-electron chi connectivity index (χ4n) is 7.26. The number of carboxylic acid groups (broad SMARTS) is 2. The average molecular weight is 627 g/mol. The van der Waals surface area contributed by atoms with Crippen LogP contribution in [-0.2, 0) is 23.9 Å². The summed E-state index contributed by atoms with van der Waals surface area (Å²) >= 11 is 0. The molecule has 6 rings (SSSR count). The first-order valence-corrected chi connectivity index (χ1v) is 15.6. The van der Waals surface area contributed by atoms with Gasteiger partial charge in [-0.3, -0.25) is 19.2 Å². The van der Waals surface area contributed by atoms with Gasteiger partial charge >= 0.3 is 23.9 Å². The van der Waals surface area contributed by atoms with Crippen molar-refractivity contribution in [3.8, 4) is 0 Å². The van der Waals surface area contributed by atoms with Crippen LogP contribution >= 0.6 is 0 Å². The monoisotopic (exact) mass is 626 g/mol. The lowest BCUT2D eigenvalue weighted by molar-refractivity contribution is -0.174. The molecule has 2 aliphatic carbocycles. The van der Waals surface area contributed by atoms with Crippen LogP contribution in [0.5, 0.6) is 0 Å². The summed E-state index contributed by atoms with van der Waals surface area (Å²) in [6.07, 6.45) is 7.23. The maximum atomic E-state index is 14.3. The first kappa shape index (κ1) is 31.4. The van der Waals surface area contributed by atoms with Crippen LogP contribution < -0.4 is 0 Å². The lowest BCUT2D eigenvalue weighted by Crippen LogP contribution is -2.44. The number of rotatable bonds is 8. The van der Waals surface area contributed by atoms with E-state index in [2.05, 4.69) is 0 Å². The number of carbonyl (C=O) groups is 4. The fraction of sp³-hybridized carbons (Fsp3) is 0.200. The Morgan fingerprint density at radius 1 is 0.383 bits per heavy atom. The molecule has 0 amide bonds. The number of carbonyl (C=O) groups excluding carboxylic acids is 2. The SMILES string of the molecule is O=C(O)C1C(c2ccccc2)C=CC(c2ccccc2)C1C(=O)OC(=O)C1C(c2ccccc2)C=CC(c2ccccc2)C1C(=O)O. The van der Waals surface area contributed by atoms with Gasteiger partial charge in [-0.2, -0.15) is 0 Å².